The average molecular weight is 452 g/mol. The van der Waals surface area contributed by atoms with E-state index in [9.17, 15) is 9.59 Å². The van der Waals surface area contributed by atoms with E-state index in [0.29, 0.717) is 26.1 Å². The molecule has 0 spiro atoms. The maximum absolute atomic E-state index is 12.7. The lowest BCUT2D eigenvalue weighted by Crippen LogP contribution is -2.38. The van der Waals surface area contributed by atoms with Gasteiger partial charge in [-0.15, -0.1) is 0 Å². The third kappa shape index (κ3) is 7.60. The predicted octanol–water partition coefficient (Wildman–Crippen LogP) is 4.10. The fourth-order valence-corrected chi connectivity index (χ4v) is 4.04. The molecular formula is C27H37N3O3. The minimum absolute atomic E-state index is 0.0159. The van der Waals surface area contributed by atoms with Crippen LogP contribution in [-0.4, -0.2) is 61.4 Å². The Morgan fingerprint density at radius 3 is 2.27 bits per heavy atom. The number of amides is 2. The number of carbonyl (C=O) groups excluding carboxylic acids is 2. The third-order valence-corrected chi connectivity index (χ3v) is 6.13. The Balaban J connectivity index is 1.43. The Labute approximate surface area is 197 Å². The Bertz CT molecular complexity index is 917. The fourth-order valence-electron chi connectivity index (χ4n) is 4.04. The molecule has 2 aromatic carbocycles. The lowest BCUT2D eigenvalue weighted by molar-refractivity contribution is -0.131. The number of methoxy groups -OCH3 is 1. The van der Waals surface area contributed by atoms with Crippen LogP contribution in [0.4, 0.5) is 5.69 Å². The van der Waals surface area contributed by atoms with Crippen molar-refractivity contribution in [3.63, 3.8) is 0 Å². The van der Waals surface area contributed by atoms with Crippen molar-refractivity contribution in [3.8, 4) is 5.75 Å². The highest BCUT2D eigenvalue weighted by molar-refractivity contribution is 5.92. The first-order chi connectivity index (χ1) is 15.7. The highest BCUT2D eigenvalue weighted by Crippen LogP contribution is 2.23. The Hall–Kier alpha value is -2.86. The maximum Gasteiger partial charge on any atom is 0.238 e. The Kier molecular flexibility index (Phi) is 8.50. The lowest BCUT2D eigenvalue weighted by atomic mass is 9.87. The van der Waals surface area contributed by atoms with E-state index in [4.69, 9.17) is 4.74 Å². The van der Waals surface area contributed by atoms with Crippen LogP contribution in [0.15, 0.2) is 48.5 Å². The van der Waals surface area contributed by atoms with Crippen molar-refractivity contribution in [1.82, 2.24) is 9.80 Å². The number of anilines is 1. The number of ether oxygens (including phenoxy) is 1. The van der Waals surface area contributed by atoms with Crippen LogP contribution in [-0.2, 0) is 21.4 Å². The molecule has 6 nitrogen and oxygen atoms in total. The molecule has 1 saturated heterocycles. The van der Waals surface area contributed by atoms with Crippen molar-refractivity contribution < 1.29 is 14.3 Å². The van der Waals surface area contributed by atoms with E-state index in [-0.39, 0.29) is 17.2 Å². The molecule has 2 amide bonds. The van der Waals surface area contributed by atoms with E-state index in [1.807, 2.05) is 41.3 Å². The summed E-state index contributed by atoms with van der Waals surface area (Å²) in [6.07, 6.45) is 2.10. The number of hydrogen-bond donors (Lipinski definition) is 1. The predicted molar refractivity (Wildman–Crippen MR) is 133 cm³/mol. The minimum atomic E-state index is -0.0159. The summed E-state index contributed by atoms with van der Waals surface area (Å²) in [6.45, 7) is 9.80. The van der Waals surface area contributed by atoms with Gasteiger partial charge in [-0.05, 0) is 53.6 Å². The number of rotatable bonds is 7. The maximum atomic E-state index is 12.7. The van der Waals surface area contributed by atoms with E-state index < -0.39 is 0 Å². The lowest BCUT2D eigenvalue weighted by Gasteiger charge is -2.22. The summed E-state index contributed by atoms with van der Waals surface area (Å²) in [5.41, 5.74) is 3.28. The van der Waals surface area contributed by atoms with E-state index >= 15 is 0 Å². The third-order valence-electron chi connectivity index (χ3n) is 6.13. The topological polar surface area (TPSA) is 61.9 Å². The van der Waals surface area contributed by atoms with Crippen LogP contribution in [0.5, 0.6) is 5.75 Å². The highest BCUT2D eigenvalue weighted by Gasteiger charge is 2.20. The van der Waals surface area contributed by atoms with Crippen molar-refractivity contribution in [2.75, 3.05) is 45.2 Å². The zero-order chi connectivity index (χ0) is 23.8. The molecule has 2 aromatic rings. The summed E-state index contributed by atoms with van der Waals surface area (Å²) in [7, 11) is 1.65. The van der Waals surface area contributed by atoms with E-state index in [0.717, 1.165) is 42.9 Å². The number of carbonyl (C=O) groups is 2. The van der Waals surface area contributed by atoms with Gasteiger partial charge in [-0.3, -0.25) is 14.5 Å². The van der Waals surface area contributed by atoms with Gasteiger partial charge in [-0.1, -0.05) is 45.0 Å². The Morgan fingerprint density at radius 1 is 0.939 bits per heavy atom. The molecule has 0 radical (unpaired) electrons. The first kappa shape index (κ1) is 24.8. The van der Waals surface area contributed by atoms with Gasteiger partial charge in [0.1, 0.15) is 5.75 Å². The van der Waals surface area contributed by atoms with Crippen LogP contribution >= 0.6 is 0 Å². The van der Waals surface area contributed by atoms with Crippen molar-refractivity contribution in [3.05, 3.63) is 59.7 Å². The van der Waals surface area contributed by atoms with Crippen molar-refractivity contribution in [1.29, 1.82) is 0 Å². The second kappa shape index (κ2) is 11.3. The number of nitrogens with one attached hydrogen (secondary N) is 1. The van der Waals surface area contributed by atoms with E-state index in [1.54, 1.807) is 7.11 Å². The van der Waals surface area contributed by atoms with Gasteiger partial charge in [-0.25, -0.2) is 0 Å². The monoisotopic (exact) mass is 451 g/mol. The van der Waals surface area contributed by atoms with Gasteiger partial charge in [0.15, 0.2) is 0 Å². The molecule has 1 heterocycles. The summed E-state index contributed by atoms with van der Waals surface area (Å²) in [4.78, 5) is 29.3. The van der Waals surface area contributed by atoms with E-state index in [2.05, 4.69) is 43.1 Å². The summed E-state index contributed by atoms with van der Waals surface area (Å²) >= 11 is 0. The SMILES string of the molecule is COc1ccc(CCC(=O)N2CCCN(CC(=O)Nc3ccc(C(C)(C)C)cc3)CC2)cc1. The second-order valence-electron chi connectivity index (χ2n) is 9.73. The minimum Gasteiger partial charge on any atom is -0.497 e. The van der Waals surface area contributed by atoms with Crippen LogP contribution in [0.2, 0.25) is 0 Å². The van der Waals surface area contributed by atoms with Gasteiger partial charge in [-0.2, -0.15) is 0 Å². The first-order valence-electron chi connectivity index (χ1n) is 11.8. The molecule has 0 unspecified atom stereocenters. The summed E-state index contributed by atoms with van der Waals surface area (Å²) in [6, 6.07) is 15.9. The molecule has 1 N–H and O–H groups in total. The molecule has 1 aliphatic rings. The van der Waals surface area contributed by atoms with E-state index in [1.165, 1.54) is 5.56 Å². The molecule has 0 saturated carbocycles. The quantitative estimate of drug-likeness (QED) is 0.689. The summed E-state index contributed by atoms with van der Waals surface area (Å²) in [5.74, 6) is 0.984. The van der Waals surface area contributed by atoms with Crippen molar-refractivity contribution in [2.45, 2.75) is 45.4 Å². The smallest absolute Gasteiger partial charge is 0.238 e. The van der Waals surface area contributed by atoms with Gasteiger partial charge < -0.3 is 15.0 Å². The van der Waals surface area contributed by atoms with Gasteiger partial charge in [0.05, 0.1) is 13.7 Å². The van der Waals surface area contributed by atoms with Gasteiger partial charge >= 0.3 is 0 Å². The van der Waals surface area contributed by atoms with Gasteiger partial charge in [0, 0.05) is 38.3 Å². The number of hydrogen-bond acceptors (Lipinski definition) is 4. The zero-order valence-electron chi connectivity index (χ0n) is 20.4. The molecule has 0 aromatic heterocycles. The van der Waals surface area contributed by atoms with Crippen LogP contribution < -0.4 is 10.1 Å². The van der Waals surface area contributed by atoms with Gasteiger partial charge in [0.2, 0.25) is 11.8 Å². The van der Waals surface area contributed by atoms with Gasteiger partial charge in [0.25, 0.3) is 0 Å². The van der Waals surface area contributed by atoms with Crippen molar-refractivity contribution in [2.24, 2.45) is 0 Å². The molecule has 1 fully saturated rings. The standard InChI is InChI=1S/C27H37N3O3/c1-27(2,3)22-9-11-23(12-10-22)28-25(31)20-29-16-5-17-30(19-18-29)26(32)15-8-21-6-13-24(33-4)14-7-21/h6-7,9-14H,5,8,15-20H2,1-4H3,(H,28,31). The fraction of sp³-hybridized carbons (Fsp3) is 0.481. The Morgan fingerprint density at radius 2 is 1.64 bits per heavy atom. The molecule has 178 valence electrons. The molecule has 6 heteroatoms. The van der Waals surface area contributed by atoms with Crippen molar-refractivity contribution >= 4 is 17.5 Å². The summed E-state index contributed by atoms with van der Waals surface area (Å²) < 4.78 is 5.18. The molecule has 1 aliphatic heterocycles. The number of aryl methyl sites for hydroxylation is 1. The van der Waals surface area contributed by atoms with Crippen LogP contribution in [0.3, 0.4) is 0 Å². The normalized spacial score (nSPS) is 15.1. The number of nitrogens with zero attached hydrogens (tertiary/aromatic N) is 2. The number of benzene rings is 2. The largest absolute Gasteiger partial charge is 0.497 e. The first-order valence-corrected chi connectivity index (χ1v) is 11.8. The molecule has 0 bridgehead atoms. The molecule has 0 atom stereocenters. The second-order valence-corrected chi connectivity index (χ2v) is 9.73. The molecule has 33 heavy (non-hydrogen) atoms. The molecule has 0 aliphatic carbocycles. The van der Waals surface area contributed by atoms with Crippen LogP contribution in [0.25, 0.3) is 0 Å². The molecular weight excluding hydrogens is 414 g/mol. The molecule has 3 rings (SSSR count). The average Bonchev–Trinajstić information content (AvgIpc) is 3.03. The highest BCUT2D eigenvalue weighted by atomic mass is 16.5. The van der Waals surface area contributed by atoms with Crippen LogP contribution in [0.1, 0.15) is 44.7 Å². The summed E-state index contributed by atoms with van der Waals surface area (Å²) in [5, 5.41) is 3.00. The zero-order valence-corrected chi connectivity index (χ0v) is 20.4. The van der Waals surface area contributed by atoms with Crippen LogP contribution in [0, 0.1) is 0 Å².